The van der Waals surface area contributed by atoms with Gasteiger partial charge in [0.2, 0.25) is 0 Å². The number of benzene rings is 3. The van der Waals surface area contributed by atoms with Gasteiger partial charge in [-0.15, -0.1) is 0 Å². The van der Waals surface area contributed by atoms with Gasteiger partial charge in [0.05, 0.1) is 17.3 Å². The van der Waals surface area contributed by atoms with Crippen LogP contribution in [0.2, 0.25) is 0 Å². The summed E-state index contributed by atoms with van der Waals surface area (Å²) in [5.74, 6) is -0.402. The SMILES string of the molecule is Cc1c(C)n(Cc2ccc(-c3ccccc3C(=O)O)cc2)c2ccc(C(=O)N[C@@H](C)c3cc(C4CC4)ccn3)cc12. The van der Waals surface area contributed by atoms with E-state index in [2.05, 4.69) is 40.8 Å². The number of nitrogens with one attached hydrogen (secondary N) is 1. The number of fused-ring (bicyclic) bond motifs is 1. The van der Waals surface area contributed by atoms with Crippen LogP contribution in [0.3, 0.4) is 0 Å². The normalized spacial score (nSPS) is 13.7. The second-order valence-electron chi connectivity index (χ2n) is 11.1. The van der Waals surface area contributed by atoms with Gasteiger partial charge in [-0.05, 0) is 104 Å². The first-order valence-electron chi connectivity index (χ1n) is 14.1. The second kappa shape index (κ2) is 10.7. The fraction of sp³-hybridized carbons (Fsp3) is 0.229. The van der Waals surface area contributed by atoms with Crippen molar-refractivity contribution in [2.24, 2.45) is 0 Å². The predicted octanol–water partition coefficient (Wildman–Crippen LogP) is 7.44. The highest BCUT2D eigenvalue weighted by molar-refractivity contribution is 5.99. The Labute approximate surface area is 239 Å². The number of amides is 1. The maximum atomic E-state index is 13.2. The average Bonchev–Trinajstić information content (AvgIpc) is 3.82. The Kier molecular flexibility index (Phi) is 6.91. The van der Waals surface area contributed by atoms with Crippen molar-refractivity contribution in [1.29, 1.82) is 0 Å². The fourth-order valence-electron chi connectivity index (χ4n) is 5.62. The molecule has 0 unspecified atom stereocenters. The molecule has 0 spiro atoms. The summed E-state index contributed by atoms with van der Waals surface area (Å²) in [7, 11) is 0. The molecule has 0 bridgehead atoms. The highest BCUT2D eigenvalue weighted by Crippen LogP contribution is 2.40. The Bertz CT molecular complexity index is 1780. The molecule has 5 aromatic rings. The van der Waals surface area contributed by atoms with Crippen molar-refractivity contribution in [3.8, 4) is 11.1 Å². The molecule has 1 atom stereocenters. The van der Waals surface area contributed by atoms with Gasteiger partial charge >= 0.3 is 5.97 Å². The van der Waals surface area contributed by atoms with Gasteiger partial charge in [-0.2, -0.15) is 0 Å². The number of pyridine rings is 1. The van der Waals surface area contributed by atoms with Gasteiger partial charge in [-0.1, -0.05) is 42.5 Å². The molecule has 0 saturated heterocycles. The third kappa shape index (κ3) is 5.25. The number of nitrogens with zero attached hydrogens (tertiary/aromatic N) is 2. The number of carboxylic acids is 1. The number of carbonyl (C=O) groups excluding carboxylic acids is 1. The van der Waals surface area contributed by atoms with Gasteiger partial charge in [0, 0.05) is 34.9 Å². The van der Waals surface area contributed by atoms with Crippen LogP contribution in [0.1, 0.15) is 80.5 Å². The third-order valence-electron chi connectivity index (χ3n) is 8.31. The highest BCUT2D eigenvalue weighted by atomic mass is 16.4. The molecule has 1 aliphatic rings. The van der Waals surface area contributed by atoms with Crippen LogP contribution in [-0.4, -0.2) is 26.5 Å². The zero-order valence-electron chi connectivity index (χ0n) is 23.5. The summed E-state index contributed by atoms with van der Waals surface area (Å²) in [5, 5.41) is 13.7. The molecule has 6 nitrogen and oxygen atoms in total. The quantitative estimate of drug-likeness (QED) is 0.213. The molecule has 41 heavy (non-hydrogen) atoms. The first-order chi connectivity index (χ1) is 19.8. The molecule has 0 radical (unpaired) electrons. The maximum absolute atomic E-state index is 13.2. The molecule has 206 valence electrons. The Morgan fingerprint density at radius 2 is 1.76 bits per heavy atom. The Morgan fingerprint density at radius 3 is 2.49 bits per heavy atom. The monoisotopic (exact) mass is 543 g/mol. The summed E-state index contributed by atoms with van der Waals surface area (Å²) in [6.45, 7) is 6.85. The number of hydrogen-bond donors (Lipinski definition) is 2. The van der Waals surface area contributed by atoms with Crippen LogP contribution < -0.4 is 5.32 Å². The third-order valence-corrected chi connectivity index (χ3v) is 8.31. The fourth-order valence-corrected chi connectivity index (χ4v) is 5.62. The van der Waals surface area contributed by atoms with Gasteiger partial charge < -0.3 is 15.0 Å². The molecule has 6 rings (SSSR count). The summed E-state index contributed by atoms with van der Waals surface area (Å²) in [5.41, 5.74) is 9.17. The van der Waals surface area contributed by atoms with E-state index in [1.54, 1.807) is 12.1 Å². The molecule has 2 N–H and O–H groups in total. The van der Waals surface area contributed by atoms with E-state index in [4.69, 9.17) is 0 Å². The van der Waals surface area contributed by atoms with Crippen molar-refractivity contribution < 1.29 is 14.7 Å². The summed E-state index contributed by atoms with van der Waals surface area (Å²) < 4.78 is 2.27. The molecule has 2 aromatic heterocycles. The Hall–Kier alpha value is -4.71. The molecule has 1 fully saturated rings. The van der Waals surface area contributed by atoms with Gasteiger partial charge in [-0.25, -0.2) is 4.79 Å². The van der Waals surface area contributed by atoms with Crippen molar-refractivity contribution in [2.75, 3.05) is 0 Å². The summed E-state index contributed by atoms with van der Waals surface area (Å²) >= 11 is 0. The van der Waals surface area contributed by atoms with Crippen LogP contribution in [0.15, 0.2) is 85.1 Å². The molecule has 2 heterocycles. The van der Waals surface area contributed by atoms with Crippen LogP contribution in [0, 0.1) is 13.8 Å². The molecule has 1 aliphatic carbocycles. The van der Waals surface area contributed by atoms with Crippen LogP contribution in [0.25, 0.3) is 22.0 Å². The number of rotatable bonds is 8. The van der Waals surface area contributed by atoms with Gasteiger partial charge in [0.25, 0.3) is 5.91 Å². The minimum atomic E-state index is -0.934. The molecular weight excluding hydrogens is 510 g/mol. The molecule has 6 heteroatoms. The lowest BCUT2D eigenvalue weighted by Gasteiger charge is -2.15. The largest absolute Gasteiger partial charge is 0.478 e. The lowest BCUT2D eigenvalue weighted by molar-refractivity contribution is 0.0697. The van der Waals surface area contributed by atoms with E-state index in [9.17, 15) is 14.7 Å². The van der Waals surface area contributed by atoms with Crippen LogP contribution in [0.5, 0.6) is 0 Å². The van der Waals surface area contributed by atoms with Crippen molar-refractivity contribution in [2.45, 2.75) is 52.1 Å². The van der Waals surface area contributed by atoms with E-state index in [-0.39, 0.29) is 11.9 Å². The van der Waals surface area contributed by atoms with Crippen molar-refractivity contribution in [3.63, 3.8) is 0 Å². The van der Waals surface area contributed by atoms with Crippen LogP contribution in [0.4, 0.5) is 0 Å². The topological polar surface area (TPSA) is 84.2 Å². The molecule has 1 amide bonds. The summed E-state index contributed by atoms with van der Waals surface area (Å²) in [4.78, 5) is 29.4. The number of hydrogen-bond acceptors (Lipinski definition) is 3. The zero-order valence-corrected chi connectivity index (χ0v) is 23.5. The standard InChI is InChI=1S/C35H33N3O3/c1-21-23(3)38(20-24-8-10-26(11-9-24)29-6-4-5-7-30(29)35(40)41)33-15-14-28(18-31(21)33)34(39)37-22(2)32-19-27(16-17-36-32)25-12-13-25/h4-11,14-19,22,25H,12-13,20H2,1-3H3,(H,37,39)(H,40,41)/t22-/m0/s1. The average molecular weight is 544 g/mol. The number of aromatic nitrogens is 2. The van der Waals surface area contributed by atoms with Crippen molar-refractivity contribution in [1.82, 2.24) is 14.9 Å². The molecule has 0 aliphatic heterocycles. The van der Waals surface area contributed by atoms with Gasteiger partial charge in [-0.3, -0.25) is 9.78 Å². The lowest BCUT2D eigenvalue weighted by atomic mass is 9.99. The predicted molar refractivity (Wildman–Crippen MR) is 161 cm³/mol. The van der Waals surface area contributed by atoms with E-state index in [0.717, 1.165) is 39.0 Å². The van der Waals surface area contributed by atoms with E-state index < -0.39 is 5.97 Å². The lowest BCUT2D eigenvalue weighted by Crippen LogP contribution is -2.27. The molecular formula is C35H33N3O3. The first-order valence-corrected chi connectivity index (χ1v) is 14.1. The van der Waals surface area contributed by atoms with E-state index in [0.29, 0.717) is 29.2 Å². The smallest absolute Gasteiger partial charge is 0.336 e. The van der Waals surface area contributed by atoms with Crippen molar-refractivity contribution in [3.05, 3.63) is 124 Å². The van der Waals surface area contributed by atoms with E-state index in [1.165, 1.54) is 18.4 Å². The Morgan fingerprint density at radius 1 is 1.00 bits per heavy atom. The Balaban J connectivity index is 1.22. The van der Waals surface area contributed by atoms with Crippen LogP contribution >= 0.6 is 0 Å². The molecule has 1 saturated carbocycles. The van der Waals surface area contributed by atoms with Gasteiger partial charge in [0.15, 0.2) is 0 Å². The summed E-state index contributed by atoms with van der Waals surface area (Å²) in [6, 6.07) is 25.0. The maximum Gasteiger partial charge on any atom is 0.336 e. The second-order valence-corrected chi connectivity index (χ2v) is 11.1. The van der Waals surface area contributed by atoms with Gasteiger partial charge in [0.1, 0.15) is 0 Å². The van der Waals surface area contributed by atoms with Crippen molar-refractivity contribution >= 4 is 22.8 Å². The first kappa shape index (κ1) is 26.5. The zero-order chi connectivity index (χ0) is 28.7. The number of carboxylic acid groups (broad SMARTS) is 1. The number of aromatic carboxylic acids is 1. The summed E-state index contributed by atoms with van der Waals surface area (Å²) in [6.07, 6.45) is 4.31. The highest BCUT2D eigenvalue weighted by Gasteiger charge is 2.24. The molecule has 3 aromatic carbocycles. The number of aryl methyl sites for hydroxylation is 1. The van der Waals surface area contributed by atoms with Crippen LogP contribution in [-0.2, 0) is 6.54 Å². The number of carbonyl (C=O) groups is 2. The van der Waals surface area contributed by atoms with E-state index in [1.807, 2.05) is 67.7 Å². The minimum absolute atomic E-state index is 0.111. The minimum Gasteiger partial charge on any atom is -0.478 e. The van der Waals surface area contributed by atoms with E-state index >= 15 is 0 Å².